The molecule has 0 radical (unpaired) electrons. The van der Waals surface area contributed by atoms with Crippen molar-refractivity contribution in [1.82, 2.24) is 0 Å². The lowest BCUT2D eigenvalue weighted by atomic mass is 10.0. The molecule has 2 atom stereocenters. The van der Waals surface area contributed by atoms with Crippen LogP contribution in [-0.2, 0) is 10.1 Å². The average molecular weight is 421 g/mol. The third kappa shape index (κ3) is 17.9. The highest BCUT2D eigenvalue weighted by atomic mass is 32.2. The number of aliphatic hydroxyl groups is 1. The van der Waals surface area contributed by atoms with Crippen molar-refractivity contribution in [3.63, 3.8) is 0 Å². The molecule has 0 fully saturated rings. The van der Waals surface area contributed by atoms with Crippen LogP contribution >= 0.6 is 0 Å². The predicted octanol–water partition coefficient (Wildman–Crippen LogP) is 7.06. The van der Waals surface area contributed by atoms with E-state index < -0.39 is 21.5 Å². The van der Waals surface area contributed by atoms with Gasteiger partial charge in [0, 0.05) is 0 Å². The van der Waals surface area contributed by atoms with Gasteiger partial charge in [-0.3, -0.25) is 4.55 Å². The van der Waals surface area contributed by atoms with Gasteiger partial charge in [0.25, 0.3) is 10.1 Å². The number of aliphatic hydroxyl groups excluding tert-OH is 1. The number of hydrogen-bond donors (Lipinski definition) is 2. The molecule has 0 rings (SSSR count). The minimum absolute atomic E-state index is 0.368. The highest BCUT2D eigenvalue weighted by molar-refractivity contribution is 7.86. The van der Waals surface area contributed by atoms with Crippen LogP contribution in [0.1, 0.15) is 136 Å². The minimum atomic E-state index is -4.01. The fraction of sp³-hybridized carbons (Fsp3) is 1.00. The molecule has 2 unspecified atom stereocenters. The molecule has 0 aliphatic rings. The highest BCUT2D eigenvalue weighted by Gasteiger charge is 2.23. The number of unbranched alkanes of at least 4 members (excludes halogenated alkanes) is 13. The summed E-state index contributed by atoms with van der Waals surface area (Å²) in [6, 6.07) is 0. The van der Waals surface area contributed by atoms with Crippen LogP contribution < -0.4 is 0 Å². The molecule has 0 heterocycles. The second-order valence-electron chi connectivity index (χ2n) is 8.54. The Labute approximate surface area is 175 Å². The normalized spacial score (nSPS) is 14.3. The van der Waals surface area contributed by atoms with Crippen LogP contribution in [0.4, 0.5) is 0 Å². The van der Waals surface area contributed by atoms with E-state index >= 15 is 0 Å². The van der Waals surface area contributed by atoms with Gasteiger partial charge < -0.3 is 5.11 Å². The van der Waals surface area contributed by atoms with Crippen LogP contribution in [0.25, 0.3) is 0 Å². The summed E-state index contributed by atoms with van der Waals surface area (Å²) in [6.45, 7) is 4.42. The molecule has 0 bridgehead atoms. The van der Waals surface area contributed by atoms with Gasteiger partial charge in [-0.1, -0.05) is 110 Å². The summed E-state index contributed by atoms with van der Waals surface area (Å²) in [5.41, 5.74) is 0. The third-order valence-electron chi connectivity index (χ3n) is 5.76. The lowest BCUT2D eigenvalue weighted by molar-refractivity contribution is 0.147. The first-order valence-electron chi connectivity index (χ1n) is 12.1. The van der Waals surface area contributed by atoms with Gasteiger partial charge in [0.05, 0.1) is 11.4 Å². The van der Waals surface area contributed by atoms with E-state index in [1.807, 2.05) is 0 Å². The van der Waals surface area contributed by atoms with Gasteiger partial charge in [0.2, 0.25) is 0 Å². The fourth-order valence-electron chi connectivity index (χ4n) is 3.81. The first-order valence-corrected chi connectivity index (χ1v) is 13.6. The van der Waals surface area contributed by atoms with Gasteiger partial charge in [-0.15, -0.1) is 0 Å². The first kappa shape index (κ1) is 27.9. The van der Waals surface area contributed by atoms with Crippen molar-refractivity contribution in [3.8, 4) is 0 Å². The molecular weight excluding hydrogens is 372 g/mol. The molecule has 4 nitrogen and oxygen atoms in total. The summed E-state index contributed by atoms with van der Waals surface area (Å²) in [5.74, 6) is 0. The van der Waals surface area contributed by atoms with Crippen molar-refractivity contribution in [2.45, 2.75) is 147 Å². The van der Waals surface area contributed by atoms with Crippen LogP contribution in [0.2, 0.25) is 0 Å². The zero-order valence-electron chi connectivity index (χ0n) is 18.7. The predicted molar refractivity (Wildman–Crippen MR) is 120 cm³/mol. The van der Waals surface area contributed by atoms with Crippen molar-refractivity contribution in [2.24, 2.45) is 0 Å². The summed E-state index contributed by atoms with van der Waals surface area (Å²) in [6.07, 6.45) is 19.5. The quantitative estimate of drug-likeness (QED) is 0.154. The lowest BCUT2D eigenvalue weighted by Crippen LogP contribution is -2.22. The van der Waals surface area contributed by atoms with Gasteiger partial charge >= 0.3 is 0 Å². The Hall–Kier alpha value is -0.130. The Bertz CT molecular complexity index is 422. The lowest BCUT2D eigenvalue weighted by Gasteiger charge is -2.16. The largest absolute Gasteiger partial charge is 0.393 e. The molecular formula is C23H48O4S. The Morgan fingerprint density at radius 3 is 1.39 bits per heavy atom. The zero-order valence-corrected chi connectivity index (χ0v) is 19.5. The van der Waals surface area contributed by atoms with Crippen molar-refractivity contribution in [1.29, 1.82) is 0 Å². The molecule has 0 aliphatic heterocycles. The van der Waals surface area contributed by atoms with Gasteiger partial charge in [-0.25, -0.2) is 0 Å². The average Bonchev–Trinajstić information content (AvgIpc) is 2.64. The number of hydrogen-bond acceptors (Lipinski definition) is 3. The van der Waals surface area contributed by atoms with E-state index in [1.165, 1.54) is 64.2 Å². The Morgan fingerprint density at radius 2 is 0.964 bits per heavy atom. The third-order valence-corrected chi connectivity index (χ3v) is 7.08. The van der Waals surface area contributed by atoms with Gasteiger partial charge in [-0.2, -0.15) is 8.42 Å². The molecule has 0 aromatic carbocycles. The second kappa shape index (κ2) is 18.9. The van der Waals surface area contributed by atoms with Crippen molar-refractivity contribution >= 4 is 10.1 Å². The summed E-state index contributed by atoms with van der Waals surface area (Å²) >= 11 is 0. The molecule has 0 saturated carbocycles. The van der Waals surface area contributed by atoms with Crippen LogP contribution in [0.15, 0.2) is 0 Å². The van der Waals surface area contributed by atoms with Crippen LogP contribution in [0, 0.1) is 0 Å². The van der Waals surface area contributed by atoms with Gasteiger partial charge in [0.15, 0.2) is 0 Å². The molecule has 0 spiro atoms. The summed E-state index contributed by atoms with van der Waals surface area (Å²) in [5, 5.41) is 9.41. The van der Waals surface area contributed by atoms with E-state index in [0.29, 0.717) is 19.3 Å². The fourth-order valence-corrected chi connectivity index (χ4v) is 4.71. The van der Waals surface area contributed by atoms with Crippen molar-refractivity contribution in [3.05, 3.63) is 0 Å². The van der Waals surface area contributed by atoms with Crippen LogP contribution in [0.3, 0.4) is 0 Å². The van der Waals surface area contributed by atoms with E-state index in [0.717, 1.165) is 38.5 Å². The molecule has 0 aromatic rings. The maximum atomic E-state index is 11.6. The molecule has 0 aliphatic carbocycles. The minimum Gasteiger partial charge on any atom is -0.393 e. The first-order chi connectivity index (χ1) is 13.4. The Balaban J connectivity index is 3.85. The van der Waals surface area contributed by atoms with Crippen LogP contribution in [-0.4, -0.2) is 29.4 Å². The highest BCUT2D eigenvalue weighted by Crippen LogP contribution is 2.20. The maximum absolute atomic E-state index is 11.6. The molecule has 28 heavy (non-hydrogen) atoms. The Morgan fingerprint density at radius 1 is 0.571 bits per heavy atom. The monoisotopic (exact) mass is 420 g/mol. The molecule has 2 N–H and O–H groups in total. The van der Waals surface area contributed by atoms with Gasteiger partial charge in [0.1, 0.15) is 0 Å². The van der Waals surface area contributed by atoms with Crippen molar-refractivity contribution < 1.29 is 18.1 Å². The molecule has 0 amide bonds. The topological polar surface area (TPSA) is 74.6 Å². The van der Waals surface area contributed by atoms with E-state index in [9.17, 15) is 18.1 Å². The molecule has 5 heteroatoms. The molecule has 0 saturated heterocycles. The van der Waals surface area contributed by atoms with E-state index in [4.69, 9.17) is 0 Å². The standard InChI is InChI=1S/C23H48O4S/c1-3-5-7-9-11-12-13-15-17-19-23(28(25,26)27)21-20-22(24)18-16-14-10-8-6-4-2/h22-24H,3-21H2,1-2H3,(H,25,26,27). The maximum Gasteiger partial charge on any atom is 0.267 e. The van der Waals surface area contributed by atoms with Gasteiger partial charge in [-0.05, 0) is 25.7 Å². The molecule has 0 aromatic heterocycles. The summed E-state index contributed by atoms with van der Waals surface area (Å²) in [4.78, 5) is 0. The van der Waals surface area contributed by atoms with Crippen molar-refractivity contribution in [2.75, 3.05) is 0 Å². The van der Waals surface area contributed by atoms with E-state index in [-0.39, 0.29) is 0 Å². The zero-order chi connectivity index (χ0) is 21.1. The number of rotatable bonds is 21. The smallest absolute Gasteiger partial charge is 0.267 e. The van der Waals surface area contributed by atoms with Crippen LogP contribution in [0.5, 0.6) is 0 Å². The summed E-state index contributed by atoms with van der Waals surface area (Å²) < 4.78 is 32.8. The van der Waals surface area contributed by atoms with E-state index in [1.54, 1.807) is 0 Å². The second-order valence-corrected chi connectivity index (χ2v) is 10.2. The molecule has 170 valence electrons. The SMILES string of the molecule is CCCCCCCCCCCC(CCC(O)CCCCCCCC)S(=O)(=O)O. The Kier molecular flexibility index (Phi) is 18.8. The van der Waals surface area contributed by atoms with E-state index in [2.05, 4.69) is 13.8 Å². The summed E-state index contributed by atoms with van der Waals surface area (Å²) in [7, 11) is -4.01.